The number of benzene rings is 2. The smallest absolute Gasteiger partial charge is 0.329 e. The fourth-order valence-electron chi connectivity index (χ4n) is 1.95. The number of nitrogens with one attached hydrogen (secondary N) is 2. The lowest BCUT2D eigenvalue weighted by atomic mass is 10.1. The molecule has 0 spiro atoms. The van der Waals surface area contributed by atoms with Crippen LogP contribution in [-0.4, -0.2) is 23.1 Å². The fourth-order valence-corrected chi connectivity index (χ4v) is 1.95. The third-order valence-corrected chi connectivity index (χ3v) is 3.09. The molecule has 0 aliphatic heterocycles. The van der Waals surface area contributed by atoms with Gasteiger partial charge in [0, 0.05) is 5.69 Å². The molecule has 0 aliphatic rings. The maximum atomic E-state index is 11.8. The van der Waals surface area contributed by atoms with Gasteiger partial charge in [-0.2, -0.15) is 5.10 Å². The van der Waals surface area contributed by atoms with Crippen LogP contribution in [0.4, 0.5) is 5.69 Å². The average Bonchev–Trinajstić information content (AvgIpc) is 2.50. The number of aryl methyl sites for hydroxylation is 2. The van der Waals surface area contributed by atoms with Crippen LogP contribution in [0.5, 0.6) is 5.75 Å². The molecule has 6 heteroatoms. The largest absolute Gasteiger partial charge is 0.508 e. The minimum absolute atomic E-state index is 0.0906. The molecule has 6 nitrogen and oxygen atoms in total. The zero-order valence-corrected chi connectivity index (χ0v) is 12.8. The Kier molecular flexibility index (Phi) is 5.09. The monoisotopic (exact) mass is 311 g/mol. The van der Waals surface area contributed by atoms with Crippen molar-refractivity contribution in [1.82, 2.24) is 5.43 Å². The standard InChI is InChI=1S/C17H17N3O3/c1-11-6-7-15(12(2)8-11)19-16(22)17(23)20-18-10-13-4-3-5-14(21)9-13/h3-10,21H,1-2H3,(H,19,22)(H,20,23)/b18-10+. The van der Waals surface area contributed by atoms with Gasteiger partial charge in [0.2, 0.25) is 0 Å². The van der Waals surface area contributed by atoms with Crippen LogP contribution >= 0.6 is 0 Å². The zero-order chi connectivity index (χ0) is 16.8. The van der Waals surface area contributed by atoms with Gasteiger partial charge >= 0.3 is 11.8 Å². The van der Waals surface area contributed by atoms with Gasteiger partial charge in [-0.15, -0.1) is 0 Å². The number of hydrazone groups is 1. The van der Waals surface area contributed by atoms with E-state index in [1.165, 1.54) is 18.3 Å². The summed E-state index contributed by atoms with van der Waals surface area (Å²) in [5.41, 5.74) is 5.25. The first-order valence-corrected chi connectivity index (χ1v) is 6.96. The summed E-state index contributed by atoms with van der Waals surface area (Å²) in [4.78, 5) is 23.5. The number of aromatic hydroxyl groups is 1. The summed E-state index contributed by atoms with van der Waals surface area (Å²) in [6.45, 7) is 3.79. The average molecular weight is 311 g/mol. The number of phenols is 1. The topological polar surface area (TPSA) is 90.8 Å². The number of carbonyl (C=O) groups excluding carboxylic acids is 2. The zero-order valence-electron chi connectivity index (χ0n) is 12.8. The third-order valence-electron chi connectivity index (χ3n) is 3.09. The normalized spacial score (nSPS) is 10.5. The van der Waals surface area contributed by atoms with Crippen molar-refractivity contribution in [1.29, 1.82) is 0 Å². The molecule has 0 bridgehead atoms. The summed E-state index contributed by atoms with van der Waals surface area (Å²) >= 11 is 0. The number of rotatable bonds is 3. The number of hydrogen-bond acceptors (Lipinski definition) is 4. The predicted octanol–water partition coefficient (Wildman–Crippen LogP) is 2.10. The molecule has 0 saturated heterocycles. The number of nitrogens with zero attached hydrogens (tertiary/aromatic N) is 1. The van der Waals surface area contributed by atoms with Crippen LogP contribution in [0, 0.1) is 13.8 Å². The van der Waals surface area contributed by atoms with Crippen LogP contribution in [0.15, 0.2) is 47.6 Å². The van der Waals surface area contributed by atoms with E-state index in [-0.39, 0.29) is 5.75 Å². The van der Waals surface area contributed by atoms with E-state index in [0.29, 0.717) is 11.3 Å². The van der Waals surface area contributed by atoms with Crippen LogP contribution in [-0.2, 0) is 9.59 Å². The molecule has 2 aromatic carbocycles. The maximum absolute atomic E-state index is 11.8. The van der Waals surface area contributed by atoms with Crippen molar-refractivity contribution in [3.63, 3.8) is 0 Å². The number of anilines is 1. The molecule has 2 rings (SSSR count). The molecule has 2 aromatic rings. The fraction of sp³-hybridized carbons (Fsp3) is 0.118. The number of phenolic OH excluding ortho intramolecular Hbond substituents is 1. The Hall–Kier alpha value is -3.15. The Bertz CT molecular complexity index is 769. The summed E-state index contributed by atoms with van der Waals surface area (Å²) in [6, 6.07) is 11.8. The van der Waals surface area contributed by atoms with Gasteiger partial charge in [0.25, 0.3) is 0 Å². The molecule has 0 heterocycles. The van der Waals surface area contributed by atoms with E-state index in [1.54, 1.807) is 18.2 Å². The third kappa shape index (κ3) is 4.67. The molecule has 0 fully saturated rings. The Balaban J connectivity index is 1.93. The van der Waals surface area contributed by atoms with Crippen molar-refractivity contribution in [2.24, 2.45) is 5.10 Å². The summed E-state index contributed by atoms with van der Waals surface area (Å²) < 4.78 is 0. The van der Waals surface area contributed by atoms with Gasteiger partial charge in [0.1, 0.15) is 5.75 Å². The second-order valence-electron chi connectivity index (χ2n) is 5.07. The van der Waals surface area contributed by atoms with Gasteiger partial charge < -0.3 is 10.4 Å². The number of amides is 2. The van der Waals surface area contributed by atoms with E-state index in [4.69, 9.17) is 0 Å². The van der Waals surface area contributed by atoms with E-state index >= 15 is 0 Å². The van der Waals surface area contributed by atoms with Gasteiger partial charge in [-0.1, -0.05) is 29.8 Å². The van der Waals surface area contributed by atoms with Crippen molar-refractivity contribution < 1.29 is 14.7 Å². The molecule has 118 valence electrons. The molecule has 0 unspecified atom stereocenters. The number of hydrogen-bond donors (Lipinski definition) is 3. The molecule has 3 N–H and O–H groups in total. The van der Waals surface area contributed by atoms with Crippen LogP contribution in [0.25, 0.3) is 0 Å². The Morgan fingerprint density at radius 3 is 2.57 bits per heavy atom. The second-order valence-corrected chi connectivity index (χ2v) is 5.07. The highest BCUT2D eigenvalue weighted by Crippen LogP contribution is 2.15. The highest BCUT2D eigenvalue weighted by atomic mass is 16.3. The lowest BCUT2D eigenvalue weighted by Crippen LogP contribution is -2.32. The van der Waals surface area contributed by atoms with Gasteiger partial charge in [-0.05, 0) is 43.2 Å². The molecule has 0 aromatic heterocycles. The van der Waals surface area contributed by atoms with Gasteiger partial charge in [0.15, 0.2) is 0 Å². The molecule has 0 aliphatic carbocycles. The van der Waals surface area contributed by atoms with Gasteiger partial charge in [0.05, 0.1) is 6.21 Å². The SMILES string of the molecule is Cc1ccc(NC(=O)C(=O)N/N=C/c2cccc(O)c2)c(C)c1. The minimum Gasteiger partial charge on any atom is -0.508 e. The molecule has 0 atom stereocenters. The van der Waals surface area contributed by atoms with Crippen molar-refractivity contribution in [2.75, 3.05) is 5.32 Å². The molecular weight excluding hydrogens is 294 g/mol. The van der Waals surface area contributed by atoms with Crippen molar-refractivity contribution >= 4 is 23.7 Å². The highest BCUT2D eigenvalue weighted by Gasteiger charge is 2.13. The highest BCUT2D eigenvalue weighted by molar-refractivity contribution is 6.39. The quantitative estimate of drug-likeness (QED) is 0.460. The van der Waals surface area contributed by atoms with Gasteiger partial charge in [-0.3, -0.25) is 9.59 Å². The first kappa shape index (κ1) is 16.2. The van der Waals surface area contributed by atoms with Crippen LogP contribution < -0.4 is 10.7 Å². The van der Waals surface area contributed by atoms with E-state index in [0.717, 1.165) is 11.1 Å². The van der Waals surface area contributed by atoms with Crippen molar-refractivity contribution in [2.45, 2.75) is 13.8 Å². The van der Waals surface area contributed by atoms with E-state index in [9.17, 15) is 14.7 Å². The summed E-state index contributed by atoms with van der Waals surface area (Å²) in [7, 11) is 0. The Morgan fingerprint density at radius 2 is 1.87 bits per heavy atom. The van der Waals surface area contributed by atoms with Crippen molar-refractivity contribution in [3.05, 3.63) is 59.2 Å². The Labute approximate surface area is 133 Å². The second kappa shape index (κ2) is 7.22. The predicted molar refractivity (Wildman–Crippen MR) is 88.4 cm³/mol. The first-order chi connectivity index (χ1) is 11.0. The Morgan fingerprint density at radius 1 is 1.09 bits per heavy atom. The summed E-state index contributed by atoms with van der Waals surface area (Å²) in [5, 5.41) is 15.5. The lowest BCUT2D eigenvalue weighted by molar-refractivity contribution is -0.136. The van der Waals surface area contributed by atoms with E-state index < -0.39 is 11.8 Å². The van der Waals surface area contributed by atoms with Crippen molar-refractivity contribution in [3.8, 4) is 5.75 Å². The van der Waals surface area contributed by atoms with Crippen LogP contribution in [0.2, 0.25) is 0 Å². The first-order valence-electron chi connectivity index (χ1n) is 6.96. The van der Waals surface area contributed by atoms with Gasteiger partial charge in [-0.25, -0.2) is 5.43 Å². The molecule has 23 heavy (non-hydrogen) atoms. The van der Waals surface area contributed by atoms with E-state index in [2.05, 4.69) is 15.8 Å². The summed E-state index contributed by atoms with van der Waals surface area (Å²) in [5.74, 6) is -1.58. The molecule has 2 amide bonds. The maximum Gasteiger partial charge on any atom is 0.329 e. The van der Waals surface area contributed by atoms with Crippen LogP contribution in [0.3, 0.4) is 0 Å². The lowest BCUT2D eigenvalue weighted by Gasteiger charge is -2.08. The van der Waals surface area contributed by atoms with E-state index in [1.807, 2.05) is 26.0 Å². The molecule has 0 saturated carbocycles. The molecule has 0 radical (unpaired) electrons. The minimum atomic E-state index is -0.874. The van der Waals surface area contributed by atoms with Crippen LogP contribution in [0.1, 0.15) is 16.7 Å². The number of carbonyl (C=O) groups is 2. The molecular formula is C17H17N3O3. The summed E-state index contributed by atoms with van der Waals surface area (Å²) in [6.07, 6.45) is 1.34.